The van der Waals surface area contributed by atoms with Gasteiger partial charge in [0.05, 0.1) is 5.75 Å². The van der Waals surface area contributed by atoms with Crippen molar-refractivity contribution in [2.24, 2.45) is 0 Å². The molecule has 128 valence electrons. The van der Waals surface area contributed by atoms with Gasteiger partial charge in [-0.3, -0.25) is 4.79 Å². The van der Waals surface area contributed by atoms with Crippen LogP contribution < -0.4 is 4.72 Å². The lowest BCUT2D eigenvalue weighted by molar-refractivity contribution is -0.132. The molecule has 0 radical (unpaired) electrons. The molecule has 0 aliphatic carbocycles. The maximum absolute atomic E-state index is 12.8. The van der Waals surface area contributed by atoms with Gasteiger partial charge in [0.1, 0.15) is 5.82 Å². The number of carbonyl (C=O) groups is 1. The molecule has 1 aliphatic heterocycles. The van der Waals surface area contributed by atoms with Gasteiger partial charge in [-0.25, -0.2) is 17.5 Å². The number of amides is 1. The van der Waals surface area contributed by atoms with Crippen molar-refractivity contribution in [1.29, 1.82) is 0 Å². The number of nitrogens with zero attached hydrogens (tertiary/aromatic N) is 1. The van der Waals surface area contributed by atoms with Crippen LogP contribution in [-0.2, 0) is 21.2 Å². The Labute approximate surface area is 136 Å². The van der Waals surface area contributed by atoms with Crippen molar-refractivity contribution >= 4 is 15.9 Å². The Kier molecular flexibility index (Phi) is 6.12. The van der Waals surface area contributed by atoms with Gasteiger partial charge in [0, 0.05) is 25.6 Å². The van der Waals surface area contributed by atoms with Crippen molar-refractivity contribution in [3.05, 3.63) is 35.6 Å². The van der Waals surface area contributed by atoms with Crippen LogP contribution in [0.4, 0.5) is 4.39 Å². The lowest BCUT2D eigenvalue weighted by Gasteiger charge is -2.32. The summed E-state index contributed by atoms with van der Waals surface area (Å²) < 4.78 is 38.6. The number of nitrogens with one attached hydrogen (secondary N) is 1. The van der Waals surface area contributed by atoms with Gasteiger partial charge in [-0.15, -0.1) is 0 Å². The van der Waals surface area contributed by atoms with Crippen molar-refractivity contribution < 1.29 is 17.6 Å². The minimum absolute atomic E-state index is 0.0612. The number of likely N-dealkylation sites (tertiary alicyclic amines) is 1. The molecule has 23 heavy (non-hydrogen) atoms. The fourth-order valence-electron chi connectivity index (χ4n) is 2.64. The molecule has 1 fully saturated rings. The van der Waals surface area contributed by atoms with Gasteiger partial charge < -0.3 is 4.90 Å². The highest BCUT2D eigenvalue weighted by Gasteiger charge is 2.24. The lowest BCUT2D eigenvalue weighted by atomic mass is 10.0. The fraction of sp³-hybridized carbons (Fsp3) is 0.562. The zero-order valence-electron chi connectivity index (χ0n) is 13.3. The van der Waals surface area contributed by atoms with Crippen molar-refractivity contribution in [2.75, 3.05) is 18.8 Å². The Hall–Kier alpha value is -1.47. The first-order valence-corrected chi connectivity index (χ1v) is 9.57. The smallest absolute Gasteiger partial charge is 0.222 e. The molecule has 0 bridgehead atoms. The summed E-state index contributed by atoms with van der Waals surface area (Å²) in [5.41, 5.74) is 0.936. The Bertz CT molecular complexity index is 623. The molecule has 0 atom stereocenters. The second-order valence-corrected chi connectivity index (χ2v) is 7.85. The maximum atomic E-state index is 12.8. The third kappa shape index (κ3) is 5.58. The first-order chi connectivity index (χ1) is 10.9. The topological polar surface area (TPSA) is 66.5 Å². The molecule has 1 aromatic rings. The van der Waals surface area contributed by atoms with Crippen LogP contribution >= 0.6 is 0 Å². The normalized spacial score (nSPS) is 16.5. The predicted molar refractivity (Wildman–Crippen MR) is 86.9 cm³/mol. The molecular weight excluding hydrogens is 319 g/mol. The van der Waals surface area contributed by atoms with E-state index >= 15 is 0 Å². The molecule has 0 unspecified atom stereocenters. The number of sulfonamides is 1. The molecule has 1 heterocycles. The van der Waals surface area contributed by atoms with Crippen molar-refractivity contribution in [1.82, 2.24) is 9.62 Å². The van der Waals surface area contributed by atoms with E-state index < -0.39 is 10.0 Å². The van der Waals surface area contributed by atoms with E-state index in [0.29, 0.717) is 38.8 Å². The number of rotatable bonds is 6. The highest BCUT2D eigenvalue weighted by Crippen LogP contribution is 2.14. The molecule has 7 heteroatoms. The van der Waals surface area contributed by atoms with Crippen molar-refractivity contribution in [3.63, 3.8) is 0 Å². The predicted octanol–water partition coefficient (Wildman–Crippen LogP) is 1.69. The third-order valence-electron chi connectivity index (χ3n) is 4.11. The molecule has 0 spiro atoms. The Morgan fingerprint density at radius 2 is 1.87 bits per heavy atom. The van der Waals surface area contributed by atoms with Crippen LogP contribution in [0.5, 0.6) is 0 Å². The van der Waals surface area contributed by atoms with Crippen molar-refractivity contribution in [2.45, 2.75) is 38.6 Å². The van der Waals surface area contributed by atoms with Crippen LogP contribution in [0.2, 0.25) is 0 Å². The Balaban J connectivity index is 1.76. The number of aryl methyl sites for hydroxylation is 1. The standard InChI is InChI=1S/C16H23FN2O3S/c1-2-23(21,22)18-15-9-11-19(12-10-15)16(20)8-5-13-3-6-14(17)7-4-13/h3-4,6-7,15,18H,2,5,8-12H2,1H3. The average Bonchev–Trinajstić information content (AvgIpc) is 2.54. The number of hydrogen-bond donors (Lipinski definition) is 1. The second-order valence-electron chi connectivity index (χ2n) is 5.80. The second kappa shape index (κ2) is 7.88. The van der Waals surface area contributed by atoms with E-state index in [0.717, 1.165) is 5.56 Å². The molecule has 1 aromatic carbocycles. The van der Waals surface area contributed by atoms with E-state index in [2.05, 4.69) is 4.72 Å². The monoisotopic (exact) mass is 342 g/mol. The van der Waals surface area contributed by atoms with Gasteiger partial charge in [0.2, 0.25) is 15.9 Å². The average molecular weight is 342 g/mol. The summed E-state index contributed by atoms with van der Waals surface area (Å²) in [6.45, 7) is 2.74. The molecule has 1 amide bonds. The molecule has 5 nitrogen and oxygen atoms in total. The summed E-state index contributed by atoms with van der Waals surface area (Å²) in [5.74, 6) is -0.146. The van der Waals surface area contributed by atoms with E-state index in [-0.39, 0.29) is 23.5 Å². The van der Waals surface area contributed by atoms with Crippen LogP contribution in [0, 0.1) is 5.82 Å². The third-order valence-corrected chi connectivity index (χ3v) is 5.57. The van der Waals surface area contributed by atoms with Crippen LogP contribution in [0.25, 0.3) is 0 Å². The molecule has 1 N–H and O–H groups in total. The van der Waals surface area contributed by atoms with Gasteiger partial charge in [-0.1, -0.05) is 12.1 Å². The summed E-state index contributed by atoms with van der Waals surface area (Å²) in [6.07, 6.45) is 2.25. The van der Waals surface area contributed by atoms with E-state index in [1.54, 1.807) is 24.0 Å². The summed E-state index contributed by atoms with van der Waals surface area (Å²) in [5, 5.41) is 0. The molecule has 1 saturated heterocycles. The van der Waals surface area contributed by atoms with Crippen LogP contribution in [0.1, 0.15) is 31.7 Å². The van der Waals surface area contributed by atoms with E-state index in [1.807, 2.05) is 0 Å². The minimum atomic E-state index is -3.19. The number of benzene rings is 1. The first kappa shape index (κ1) is 17.9. The quantitative estimate of drug-likeness (QED) is 0.855. The van der Waals surface area contributed by atoms with E-state index in [4.69, 9.17) is 0 Å². The highest BCUT2D eigenvalue weighted by atomic mass is 32.2. The highest BCUT2D eigenvalue weighted by molar-refractivity contribution is 7.89. The summed E-state index contributed by atoms with van der Waals surface area (Å²) in [7, 11) is -3.19. The minimum Gasteiger partial charge on any atom is -0.343 e. The molecule has 0 saturated carbocycles. The molecule has 0 aromatic heterocycles. The van der Waals surface area contributed by atoms with Crippen molar-refractivity contribution in [3.8, 4) is 0 Å². The van der Waals surface area contributed by atoms with Crippen LogP contribution in [0.15, 0.2) is 24.3 Å². The van der Waals surface area contributed by atoms with Crippen LogP contribution in [-0.4, -0.2) is 44.1 Å². The van der Waals surface area contributed by atoms with Gasteiger partial charge in [-0.2, -0.15) is 0 Å². The van der Waals surface area contributed by atoms with Crippen LogP contribution in [0.3, 0.4) is 0 Å². The molecule has 2 rings (SSSR count). The number of hydrogen-bond acceptors (Lipinski definition) is 3. The Morgan fingerprint density at radius 3 is 2.43 bits per heavy atom. The summed E-state index contributed by atoms with van der Waals surface area (Å²) in [6, 6.07) is 6.08. The van der Waals surface area contributed by atoms with Gasteiger partial charge >= 0.3 is 0 Å². The van der Waals surface area contributed by atoms with Gasteiger partial charge in [-0.05, 0) is 43.9 Å². The fourth-order valence-corrected chi connectivity index (χ4v) is 3.55. The summed E-state index contributed by atoms with van der Waals surface area (Å²) in [4.78, 5) is 14.0. The van der Waals surface area contributed by atoms with Gasteiger partial charge in [0.15, 0.2) is 0 Å². The first-order valence-electron chi connectivity index (χ1n) is 7.92. The maximum Gasteiger partial charge on any atom is 0.222 e. The largest absolute Gasteiger partial charge is 0.343 e. The zero-order valence-corrected chi connectivity index (χ0v) is 14.1. The van der Waals surface area contributed by atoms with E-state index in [9.17, 15) is 17.6 Å². The zero-order chi connectivity index (χ0) is 16.9. The SMILES string of the molecule is CCS(=O)(=O)NC1CCN(C(=O)CCc2ccc(F)cc2)CC1. The number of piperidine rings is 1. The molecular formula is C16H23FN2O3S. The summed E-state index contributed by atoms with van der Waals surface area (Å²) >= 11 is 0. The lowest BCUT2D eigenvalue weighted by Crippen LogP contribution is -2.46. The molecule has 1 aliphatic rings. The van der Waals surface area contributed by atoms with E-state index in [1.165, 1.54) is 12.1 Å². The number of carbonyl (C=O) groups excluding carboxylic acids is 1. The number of halogens is 1. The Morgan fingerprint density at radius 1 is 1.26 bits per heavy atom. The van der Waals surface area contributed by atoms with Gasteiger partial charge in [0.25, 0.3) is 0 Å².